The Balaban J connectivity index is 1.65. The molecule has 1 heterocycles. The third-order valence-electron chi connectivity index (χ3n) is 4.16. The molecular formula is C18H20N2S. The van der Waals surface area contributed by atoms with Crippen LogP contribution in [0.25, 0.3) is 0 Å². The number of hydrogen-bond acceptors (Lipinski definition) is 2. The Labute approximate surface area is 131 Å². The summed E-state index contributed by atoms with van der Waals surface area (Å²) in [5.41, 5.74) is 10.9. The molecule has 0 fully saturated rings. The minimum absolute atomic E-state index is 0.465. The minimum atomic E-state index is 0.465. The molecular weight excluding hydrogens is 276 g/mol. The van der Waals surface area contributed by atoms with Crippen LogP contribution in [0.15, 0.2) is 48.5 Å². The van der Waals surface area contributed by atoms with Crippen molar-refractivity contribution in [1.29, 1.82) is 0 Å². The molecule has 2 aromatic carbocycles. The highest BCUT2D eigenvalue weighted by Crippen LogP contribution is 2.17. The lowest BCUT2D eigenvalue weighted by molar-refractivity contribution is 0.279. The number of fused-ring (bicyclic) bond motifs is 1. The molecule has 0 bridgehead atoms. The highest BCUT2D eigenvalue weighted by Gasteiger charge is 2.13. The van der Waals surface area contributed by atoms with E-state index in [0.29, 0.717) is 4.99 Å². The Bertz CT molecular complexity index is 607. The van der Waals surface area contributed by atoms with Crippen molar-refractivity contribution < 1.29 is 0 Å². The molecule has 0 radical (unpaired) electrons. The van der Waals surface area contributed by atoms with Gasteiger partial charge in [0.1, 0.15) is 4.99 Å². The monoisotopic (exact) mass is 296 g/mol. The quantitative estimate of drug-likeness (QED) is 0.883. The molecule has 0 saturated heterocycles. The molecule has 1 aliphatic rings. The maximum Gasteiger partial charge on any atom is 0.103 e. The summed E-state index contributed by atoms with van der Waals surface area (Å²) >= 11 is 4.99. The molecule has 0 unspecified atom stereocenters. The number of thiocarbonyl (C=S) groups is 1. The van der Waals surface area contributed by atoms with Gasteiger partial charge in [-0.2, -0.15) is 0 Å². The van der Waals surface area contributed by atoms with Crippen LogP contribution in [0.3, 0.4) is 0 Å². The van der Waals surface area contributed by atoms with E-state index in [1.54, 1.807) is 0 Å². The molecule has 2 aromatic rings. The molecule has 3 rings (SSSR count). The van der Waals surface area contributed by atoms with Crippen LogP contribution < -0.4 is 5.73 Å². The summed E-state index contributed by atoms with van der Waals surface area (Å²) in [6.07, 6.45) is 2.28. The minimum Gasteiger partial charge on any atom is -0.389 e. The second kappa shape index (κ2) is 6.37. The molecule has 108 valence electrons. The van der Waals surface area contributed by atoms with Gasteiger partial charge in [0.2, 0.25) is 0 Å². The maximum absolute atomic E-state index is 5.64. The zero-order valence-corrected chi connectivity index (χ0v) is 12.9. The van der Waals surface area contributed by atoms with Crippen molar-refractivity contribution in [2.24, 2.45) is 5.73 Å². The first-order chi connectivity index (χ1) is 10.2. The summed E-state index contributed by atoms with van der Waals surface area (Å²) in [6.45, 7) is 3.23. The van der Waals surface area contributed by atoms with E-state index >= 15 is 0 Å². The fourth-order valence-electron chi connectivity index (χ4n) is 2.90. The third kappa shape index (κ3) is 3.49. The van der Waals surface area contributed by atoms with Gasteiger partial charge in [0.15, 0.2) is 0 Å². The first kappa shape index (κ1) is 14.2. The molecule has 2 nitrogen and oxygen atoms in total. The number of rotatable bonds is 3. The van der Waals surface area contributed by atoms with Crippen LogP contribution >= 0.6 is 12.2 Å². The molecule has 0 aliphatic carbocycles. The van der Waals surface area contributed by atoms with E-state index in [4.69, 9.17) is 18.0 Å². The van der Waals surface area contributed by atoms with Gasteiger partial charge in [0.25, 0.3) is 0 Å². The van der Waals surface area contributed by atoms with Crippen molar-refractivity contribution in [3.8, 4) is 0 Å². The van der Waals surface area contributed by atoms with Crippen LogP contribution in [0, 0.1) is 0 Å². The SMILES string of the molecule is NC(=S)c1ccc(CN2CCc3ccccc3CC2)cc1. The van der Waals surface area contributed by atoms with Crippen molar-refractivity contribution in [2.45, 2.75) is 19.4 Å². The number of nitrogens with zero attached hydrogens (tertiary/aromatic N) is 1. The standard InChI is InChI=1S/C18H20N2S/c19-18(21)17-7-5-14(6-8-17)13-20-11-9-15-3-1-2-4-16(15)10-12-20/h1-8H,9-13H2,(H2,19,21). The molecule has 3 heteroatoms. The van der Waals surface area contributed by atoms with Gasteiger partial charge >= 0.3 is 0 Å². The van der Waals surface area contributed by atoms with E-state index in [1.165, 1.54) is 16.7 Å². The zero-order chi connectivity index (χ0) is 14.7. The summed E-state index contributed by atoms with van der Waals surface area (Å²) in [7, 11) is 0. The molecule has 1 aliphatic heterocycles. The largest absolute Gasteiger partial charge is 0.389 e. The smallest absolute Gasteiger partial charge is 0.103 e. The van der Waals surface area contributed by atoms with Gasteiger partial charge in [-0.15, -0.1) is 0 Å². The zero-order valence-electron chi connectivity index (χ0n) is 12.1. The lowest BCUT2D eigenvalue weighted by atomic mass is 10.0. The molecule has 21 heavy (non-hydrogen) atoms. The third-order valence-corrected chi connectivity index (χ3v) is 4.39. The Hall–Kier alpha value is -1.71. The molecule has 0 aromatic heterocycles. The van der Waals surface area contributed by atoms with E-state index in [2.05, 4.69) is 41.3 Å². The predicted molar refractivity (Wildman–Crippen MR) is 91.5 cm³/mol. The lowest BCUT2D eigenvalue weighted by Crippen LogP contribution is -2.25. The Kier molecular flexibility index (Phi) is 4.32. The number of hydrogen-bond donors (Lipinski definition) is 1. The summed E-state index contributed by atoms with van der Waals surface area (Å²) in [5.74, 6) is 0. The van der Waals surface area contributed by atoms with Crippen LogP contribution in [-0.2, 0) is 19.4 Å². The average Bonchev–Trinajstić information content (AvgIpc) is 2.71. The summed E-state index contributed by atoms with van der Waals surface area (Å²) in [5, 5.41) is 0. The van der Waals surface area contributed by atoms with Crippen molar-refractivity contribution in [3.63, 3.8) is 0 Å². The summed E-state index contributed by atoms with van der Waals surface area (Å²) in [6, 6.07) is 17.1. The first-order valence-electron chi connectivity index (χ1n) is 7.40. The Morgan fingerprint density at radius 3 is 2.05 bits per heavy atom. The molecule has 0 atom stereocenters. The van der Waals surface area contributed by atoms with Crippen LogP contribution in [-0.4, -0.2) is 23.0 Å². The van der Waals surface area contributed by atoms with Crippen molar-refractivity contribution >= 4 is 17.2 Å². The summed E-state index contributed by atoms with van der Waals surface area (Å²) < 4.78 is 0. The second-order valence-corrected chi connectivity index (χ2v) is 6.05. The van der Waals surface area contributed by atoms with Gasteiger partial charge in [-0.25, -0.2) is 0 Å². The summed E-state index contributed by atoms with van der Waals surface area (Å²) in [4.78, 5) is 2.99. The van der Waals surface area contributed by atoms with Crippen LogP contribution in [0.5, 0.6) is 0 Å². The Morgan fingerprint density at radius 1 is 0.952 bits per heavy atom. The Morgan fingerprint density at radius 2 is 1.52 bits per heavy atom. The molecule has 2 N–H and O–H groups in total. The van der Waals surface area contributed by atoms with E-state index in [9.17, 15) is 0 Å². The van der Waals surface area contributed by atoms with Crippen molar-refractivity contribution in [1.82, 2.24) is 4.90 Å². The van der Waals surface area contributed by atoms with Gasteiger partial charge < -0.3 is 5.73 Å². The van der Waals surface area contributed by atoms with Gasteiger partial charge in [0, 0.05) is 25.2 Å². The van der Waals surface area contributed by atoms with Crippen molar-refractivity contribution in [2.75, 3.05) is 13.1 Å². The fraction of sp³-hybridized carbons (Fsp3) is 0.278. The normalized spacial score (nSPS) is 15.2. The van der Waals surface area contributed by atoms with Crippen LogP contribution in [0.1, 0.15) is 22.3 Å². The predicted octanol–water partition coefficient (Wildman–Crippen LogP) is 2.92. The van der Waals surface area contributed by atoms with Gasteiger partial charge in [-0.1, -0.05) is 60.7 Å². The van der Waals surface area contributed by atoms with Crippen LogP contribution in [0.2, 0.25) is 0 Å². The van der Waals surface area contributed by atoms with E-state index in [1.807, 2.05) is 12.1 Å². The van der Waals surface area contributed by atoms with E-state index in [-0.39, 0.29) is 0 Å². The van der Waals surface area contributed by atoms with Gasteiger partial charge in [0.05, 0.1) is 0 Å². The molecule has 0 saturated carbocycles. The number of benzene rings is 2. The van der Waals surface area contributed by atoms with Crippen LogP contribution in [0.4, 0.5) is 0 Å². The maximum atomic E-state index is 5.64. The fourth-order valence-corrected chi connectivity index (χ4v) is 3.04. The van der Waals surface area contributed by atoms with Gasteiger partial charge in [-0.05, 0) is 29.5 Å². The first-order valence-corrected chi connectivity index (χ1v) is 7.81. The molecule has 0 spiro atoms. The highest BCUT2D eigenvalue weighted by molar-refractivity contribution is 7.80. The second-order valence-electron chi connectivity index (χ2n) is 5.61. The van der Waals surface area contributed by atoms with E-state index < -0.39 is 0 Å². The van der Waals surface area contributed by atoms with Gasteiger partial charge in [-0.3, -0.25) is 4.90 Å². The number of nitrogens with two attached hydrogens (primary N) is 1. The average molecular weight is 296 g/mol. The highest BCUT2D eigenvalue weighted by atomic mass is 32.1. The molecule has 0 amide bonds. The van der Waals surface area contributed by atoms with Crippen molar-refractivity contribution in [3.05, 3.63) is 70.8 Å². The topological polar surface area (TPSA) is 29.3 Å². The lowest BCUT2D eigenvalue weighted by Gasteiger charge is -2.19. The van der Waals surface area contributed by atoms with E-state index in [0.717, 1.165) is 38.0 Å².